The lowest BCUT2D eigenvalue weighted by Gasteiger charge is -2.33. The zero-order chi connectivity index (χ0) is 11.5. The number of benzene rings is 1. The molecule has 1 aromatic carbocycles. The van der Waals surface area contributed by atoms with E-state index in [4.69, 9.17) is 5.73 Å². The molecule has 16 heavy (non-hydrogen) atoms. The van der Waals surface area contributed by atoms with Crippen LogP contribution in [0, 0.1) is 0 Å². The van der Waals surface area contributed by atoms with Gasteiger partial charge in [0.15, 0.2) is 0 Å². The number of anilines is 1. The van der Waals surface area contributed by atoms with Crippen LogP contribution in [0.5, 0.6) is 0 Å². The molecule has 88 valence electrons. The average Bonchev–Trinajstić information content (AvgIpc) is 2.27. The normalized spacial score (nSPS) is 22.2. The molecule has 0 spiro atoms. The molecule has 2 N–H and O–H groups in total. The van der Waals surface area contributed by atoms with Crippen molar-refractivity contribution in [3.8, 4) is 0 Å². The average molecular weight is 283 g/mol. The van der Waals surface area contributed by atoms with E-state index in [0.29, 0.717) is 6.04 Å². The molecule has 1 aliphatic rings. The zero-order valence-corrected chi connectivity index (χ0v) is 11.3. The zero-order valence-electron chi connectivity index (χ0n) is 9.75. The van der Waals surface area contributed by atoms with Crippen molar-refractivity contribution in [1.82, 2.24) is 4.90 Å². The summed E-state index contributed by atoms with van der Waals surface area (Å²) in [6, 6.07) is 6.98. The van der Waals surface area contributed by atoms with Crippen molar-refractivity contribution in [2.75, 3.05) is 12.3 Å². The second-order valence-electron chi connectivity index (χ2n) is 4.67. The highest BCUT2D eigenvalue weighted by atomic mass is 79.9. The van der Waals surface area contributed by atoms with Gasteiger partial charge in [-0.05, 0) is 59.9 Å². The lowest BCUT2D eigenvalue weighted by molar-refractivity contribution is 0.152. The Morgan fingerprint density at radius 1 is 1.44 bits per heavy atom. The molecule has 1 saturated heterocycles. The molecule has 1 aliphatic heterocycles. The fourth-order valence-corrected chi connectivity index (χ4v) is 2.57. The Labute approximate surface area is 106 Å². The predicted octanol–water partition coefficient (Wildman–Crippen LogP) is 3.41. The third kappa shape index (κ3) is 2.77. The van der Waals surface area contributed by atoms with Crippen LogP contribution in [0.3, 0.4) is 0 Å². The van der Waals surface area contributed by atoms with E-state index in [1.807, 2.05) is 6.07 Å². The van der Waals surface area contributed by atoms with Crippen molar-refractivity contribution < 1.29 is 0 Å². The molecule has 3 heteroatoms. The molecule has 0 saturated carbocycles. The van der Waals surface area contributed by atoms with Gasteiger partial charge in [0, 0.05) is 22.7 Å². The van der Waals surface area contributed by atoms with Gasteiger partial charge in [-0.1, -0.05) is 12.5 Å². The van der Waals surface area contributed by atoms with E-state index >= 15 is 0 Å². The van der Waals surface area contributed by atoms with Crippen LogP contribution in [-0.4, -0.2) is 17.5 Å². The van der Waals surface area contributed by atoms with Gasteiger partial charge in [-0.3, -0.25) is 4.90 Å². The molecule has 2 nitrogen and oxygen atoms in total. The quantitative estimate of drug-likeness (QED) is 0.843. The largest absolute Gasteiger partial charge is 0.398 e. The first-order valence-electron chi connectivity index (χ1n) is 5.95. The van der Waals surface area contributed by atoms with Gasteiger partial charge in [-0.25, -0.2) is 0 Å². The predicted molar refractivity (Wildman–Crippen MR) is 72.3 cm³/mol. The van der Waals surface area contributed by atoms with Gasteiger partial charge in [-0.15, -0.1) is 0 Å². The number of likely N-dealkylation sites (tertiary alicyclic amines) is 1. The topological polar surface area (TPSA) is 29.3 Å². The lowest BCUT2D eigenvalue weighted by atomic mass is 10.0. The number of halogens is 1. The molecule has 1 atom stereocenters. The van der Waals surface area contributed by atoms with Crippen LogP contribution in [0.15, 0.2) is 22.7 Å². The summed E-state index contributed by atoms with van der Waals surface area (Å²) >= 11 is 3.43. The Morgan fingerprint density at radius 3 is 2.94 bits per heavy atom. The molecule has 1 heterocycles. The summed E-state index contributed by atoms with van der Waals surface area (Å²) in [5.41, 5.74) is 8.04. The summed E-state index contributed by atoms with van der Waals surface area (Å²) in [5, 5.41) is 0. The highest BCUT2D eigenvalue weighted by Crippen LogP contribution is 2.23. The molecular weight excluding hydrogens is 264 g/mol. The van der Waals surface area contributed by atoms with E-state index in [9.17, 15) is 0 Å². The van der Waals surface area contributed by atoms with Crippen LogP contribution in [0.4, 0.5) is 5.69 Å². The molecule has 1 fully saturated rings. The monoisotopic (exact) mass is 282 g/mol. The summed E-state index contributed by atoms with van der Waals surface area (Å²) in [4.78, 5) is 2.55. The maximum Gasteiger partial charge on any atom is 0.0461 e. The van der Waals surface area contributed by atoms with E-state index in [1.54, 1.807) is 0 Å². The lowest BCUT2D eigenvalue weighted by Crippen LogP contribution is -2.36. The first kappa shape index (κ1) is 11.9. The van der Waals surface area contributed by atoms with Gasteiger partial charge >= 0.3 is 0 Å². The SMILES string of the molecule is CC1CCCCN1Cc1ccc(Br)c(N)c1. The molecule has 1 unspecified atom stereocenters. The van der Waals surface area contributed by atoms with E-state index in [-0.39, 0.29) is 0 Å². The number of nitrogens with zero attached hydrogens (tertiary/aromatic N) is 1. The number of nitrogen functional groups attached to an aromatic ring is 1. The Bertz CT molecular complexity index is 365. The molecule has 0 amide bonds. The number of rotatable bonds is 2. The van der Waals surface area contributed by atoms with Crippen LogP contribution < -0.4 is 5.73 Å². The number of hydrogen-bond donors (Lipinski definition) is 1. The molecule has 0 radical (unpaired) electrons. The van der Waals surface area contributed by atoms with Crippen LogP contribution in [0.2, 0.25) is 0 Å². The maximum atomic E-state index is 5.90. The summed E-state index contributed by atoms with van der Waals surface area (Å²) in [5.74, 6) is 0. The molecule has 1 aromatic rings. The fraction of sp³-hybridized carbons (Fsp3) is 0.538. The Hall–Kier alpha value is -0.540. The first-order chi connectivity index (χ1) is 7.66. The van der Waals surface area contributed by atoms with E-state index in [1.165, 1.54) is 31.4 Å². The Morgan fingerprint density at radius 2 is 2.25 bits per heavy atom. The standard InChI is InChI=1S/C13H19BrN2/c1-10-4-2-3-7-16(10)9-11-5-6-12(14)13(15)8-11/h5-6,8,10H,2-4,7,9,15H2,1H3. The first-order valence-corrected chi connectivity index (χ1v) is 6.74. The summed E-state index contributed by atoms with van der Waals surface area (Å²) in [6.07, 6.45) is 4.03. The third-order valence-corrected chi connectivity index (χ3v) is 4.11. The minimum absolute atomic E-state index is 0.707. The van der Waals surface area contributed by atoms with Gasteiger partial charge < -0.3 is 5.73 Å². The summed E-state index contributed by atoms with van der Waals surface area (Å²) in [7, 11) is 0. The van der Waals surface area contributed by atoms with Crippen molar-refractivity contribution >= 4 is 21.6 Å². The van der Waals surface area contributed by atoms with Gasteiger partial charge in [0.05, 0.1) is 0 Å². The Balaban J connectivity index is 2.05. The molecule has 0 bridgehead atoms. The maximum absolute atomic E-state index is 5.90. The van der Waals surface area contributed by atoms with Gasteiger partial charge in [-0.2, -0.15) is 0 Å². The van der Waals surface area contributed by atoms with Gasteiger partial charge in [0.2, 0.25) is 0 Å². The minimum atomic E-state index is 0.707. The highest BCUT2D eigenvalue weighted by Gasteiger charge is 2.18. The van der Waals surface area contributed by atoms with Crippen LogP contribution >= 0.6 is 15.9 Å². The third-order valence-electron chi connectivity index (χ3n) is 3.39. The molecule has 2 rings (SSSR count). The van der Waals surface area contributed by atoms with Crippen LogP contribution in [-0.2, 0) is 6.54 Å². The molecule has 0 aliphatic carbocycles. The van der Waals surface area contributed by atoms with Crippen molar-refractivity contribution in [2.24, 2.45) is 0 Å². The van der Waals surface area contributed by atoms with Gasteiger partial charge in [0.25, 0.3) is 0 Å². The number of nitrogens with two attached hydrogens (primary N) is 1. The van der Waals surface area contributed by atoms with Crippen LogP contribution in [0.25, 0.3) is 0 Å². The smallest absolute Gasteiger partial charge is 0.0461 e. The number of piperidine rings is 1. The van der Waals surface area contributed by atoms with Crippen LogP contribution in [0.1, 0.15) is 31.7 Å². The highest BCUT2D eigenvalue weighted by molar-refractivity contribution is 9.10. The van der Waals surface area contributed by atoms with Crippen molar-refractivity contribution in [2.45, 2.75) is 38.8 Å². The Kier molecular flexibility index (Phi) is 3.87. The van der Waals surface area contributed by atoms with Crippen molar-refractivity contribution in [1.29, 1.82) is 0 Å². The number of hydrogen-bond acceptors (Lipinski definition) is 2. The van der Waals surface area contributed by atoms with Crippen molar-refractivity contribution in [3.63, 3.8) is 0 Å². The second kappa shape index (κ2) is 5.19. The summed E-state index contributed by atoms with van der Waals surface area (Å²) < 4.78 is 0.989. The van der Waals surface area contributed by atoms with Gasteiger partial charge in [0.1, 0.15) is 0 Å². The molecular formula is C13H19BrN2. The minimum Gasteiger partial charge on any atom is -0.398 e. The molecule has 0 aromatic heterocycles. The van der Waals surface area contributed by atoms with E-state index < -0.39 is 0 Å². The second-order valence-corrected chi connectivity index (χ2v) is 5.53. The van der Waals surface area contributed by atoms with E-state index in [0.717, 1.165) is 16.7 Å². The summed E-state index contributed by atoms with van der Waals surface area (Å²) in [6.45, 7) is 4.57. The fourth-order valence-electron chi connectivity index (χ4n) is 2.32. The van der Waals surface area contributed by atoms with E-state index in [2.05, 4.69) is 39.9 Å². The van der Waals surface area contributed by atoms with Crippen molar-refractivity contribution in [3.05, 3.63) is 28.2 Å².